The molecule has 0 aliphatic carbocycles. The molecule has 5 nitrogen and oxygen atoms in total. The lowest BCUT2D eigenvalue weighted by Crippen LogP contribution is -2.54. The average Bonchev–Trinajstić information content (AvgIpc) is 2.88. The van der Waals surface area contributed by atoms with Gasteiger partial charge in [-0.15, -0.1) is 11.8 Å². The summed E-state index contributed by atoms with van der Waals surface area (Å²) in [6.07, 6.45) is 3.89. The van der Waals surface area contributed by atoms with Crippen molar-refractivity contribution in [3.63, 3.8) is 0 Å². The van der Waals surface area contributed by atoms with Gasteiger partial charge in [0.05, 0.1) is 5.56 Å². The topological polar surface area (TPSA) is 79.3 Å². The number of amides is 1. The Balaban J connectivity index is 2.23. The molecule has 1 atom stereocenters. The van der Waals surface area contributed by atoms with E-state index in [1.165, 1.54) is 11.8 Å². The largest absolute Gasteiger partial charge is 0.479 e. The van der Waals surface area contributed by atoms with Gasteiger partial charge in [-0.05, 0) is 30.6 Å². The molecule has 2 heterocycles. The van der Waals surface area contributed by atoms with Gasteiger partial charge in [0.15, 0.2) is 0 Å². The highest BCUT2D eigenvalue weighted by Gasteiger charge is 2.43. The van der Waals surface area contributed by atoms with Crippen molar-refractivity contribution in [2.24, 2.45) is 0 Å². The number of carboxylic acid groups (broad SMARTS) is 1. The second-order valence-electron chi connectivity index (χ2n) is 4.20. The first kappa shape index (κ1) is 14.2. The van der Waals surface area contributed by atoms with E-state index in [1.807, 2.05) is 6.26 Å². The van der Waals surface area contributed by atoms with Gasteiger partial charge in [-0.1, -0.05) is 0 Å². The predicted octanol–water partition coefficient (Wildman–Crippen LogP) is 1.49. The monoisotopic (exact) mass is 298 g/mol. The van der Waals surface area contributed by atoms with Crippen LogP contribution in [-0.2, 0) is 4.79 Å². The highest BCUT2D eigenvalue weighted by molar-refractivity contribution is 7.99. The third-order valence-electron chi connectivity index (χ3n) is 2.99. The normalized spacial score (nSPS) is 22.2. The minimum atomic E-state index is -1.15. The molecule has 1 fully saturated rings. The van der Waals surface area contributed by atoms with Crippen molar-refractivity contribution < 1.29 is 14.7 Å². The number of carbonyl (C=O) groups excluding carboxylic acids is 1. The second-order valence-corrected chi connectivity index (χ2v) is 6.10. The summed E-state index contributed by atoms with van der Waals surface area (Å²) in [6.45, 7) is 0. The van der Waals surface area contributed by atoms with Crippen LogP contribution in [0.25, 0.3) is 0 Å². The van der Waals surface area contributed by atoms with E-state index in [2.05, 4.69) is 10.3 Å². The van der Waals surface area contributed by atoms with Crippen LogP contribution in [0.15, 0.2) is 23.4 Å². The zero-order chi connectivity index (χ0) is 13.9. The van der Waals surface area contributed by atoms with Gasteiger partial charge in [0.2, 0.25) is 0 Å². The van der Waals surface area contributed by atoms with E-state index >= 15 is 0 Å². The Morgan fingerprint density at radius 2 is 2.37 bits per heavy atom. The maximum absolute atomic E-state index is 12.3. The van der Waals surface area contributed by atoms with Gasteiger partial charge in [0, 0.05) is 11.9 Å². The molecule has 2 N–H and O–H groups in total. The first-order chi connectivity index (χ1) is 9.09. The number of hydrogen-bond acceptors (Lipinski definition) is 5. The molecule has 1 aromatic heterocycles. The number of pyridine rings is 1. The average molecular weight is 298 g/mol. The van der Waals surface area contributed by atoms with Crippen molar-refractivity contribution >= 4 is 35.4 Å². The number of hydrogen-bond donors (Lipinski definition) is 2. The summed E-state index contributed by atoms with van der Waals surface area (Å²) in [6, 6.07) is 3.33. The molecule has 0 spiro atoms. The van der Waals surface area contributed by atoms with Crippen LogP contribution in [0.1, 0.15) is 16.8 Å². The lowest BCUT2D eigenvalue weighted by molar-refractivity contribution is -0.143. The minimum Gasteiger partial charge on any atom is -0.479 e. The molecule has 1 amide bonds. The van der Waals surface area contributed by atoms with Crippen LogP contribution in [0.3, 0.4) is 0 Å². The standard InChI is InChI=1S/C12H14N2O3S2/c1-18-10-8(3-2-5-13-10)9(15)14-12(11(16)17)4-6-19-7-12/h2-3,5H,4,6-7H2,1H3,(H,14,15)(H,16,17). The summed E-state index contributed by atoms with van der Waals surface area (Å²) in [4.78, 5) is 27.8. The van der Waals surface area contributed by atoms with Crippen LogP contribution in [-0.4, -0.2) is 45.3 Å². The van der Waals surface area contributed by atoms with Crippen molar-refractivity contribution in [2.45, 2.75) is 17.0 Å². The number of rotatable bonds is 4. The van der Waals surface area contributed by atoms with Crippen molar-refractivity contribution in [3.05, 3.63) is 23.9 Å². The maximum atomic E-state index is 12.3. The number of nitrogens with one attached hydrogen (secondary N) is 1. The number of nitrogens with zero attached hydrogens (tertiary/aromatic N) is 1. The molecule has 0 radical (unpaired) electrons. The molecule has 2 rings (SSSR count). The van der Waals surface area contributed by atoms with Crippen molar-refractivity contribution in [1.82, 2.24) is 10.3 Å². The van der Waals surface area contributed by atoms with Crippen molar-refractivity contribution in [1.29, 1.82) is 0 Å². The van der Waals surface area contributed by atoms with E-state index in [-0.39, 0.29) is 5.91 Å². The molecule has 102 valence electrons. The maximum Gasteiger partial charge on any atom is 0.330 e. The van der Waals surface area contributed by atoms with Gasteiger partial charge in [-0.2, -0.15) is 11.8 Å². The highest BCUT2D eigenvalue weighted by atomic mass is 32.2. The molecule has 19 heavy (non-hydrogen) atoms. The third-order valence-corrected chi connectivity index (χ3v) is 4.89. The molecule has 0 saturated carbocycles. The van der Waals surface area contributed by atoms with E-state index in [0.29, 0.717) is 22.8 Å². The fourth-order valence-corrected chi connectivity index (χ4v) is 3.77. The molecule has 1 aliphatic rings. The fraction of sp³-hybridized carbons (Fsp3) is 0.417. The molecule has 1 unspecified atom stereocenters. The van der Waals surface area contributed by atoms with E-state index < -0.39 is 11.5 Å². The molecule has 1 aromatic rings. The Bertz CT molecular complexity index is 502. The van der Waals surface area contributed by atoms with E-state index in [1.54, 1.807) is 30.1 Å². The van der Waals surface area contributed by atoms with Crippen LogP contribution >= 0.6 is 23.5 Å². The Morgan fingerprint density at radius 3 is 2.95 bits per heavy atom. The van der Waals surface area contributed by atoms with Gasteiger partial charge in [0.1, 0.15) is 10.6 Å². The van der Waals surface area contributed by atoms with Crippen LogP contribution in [0.2, 0.25) is 0 Å². The fourth-order valence-electron chi connectivity index (χ4n) is 1.90. The molecule has 1 saturated heterocycles. The molecule has 7 heteroatoms. The quantitative estimate of drug-likeness (QED) is 0.820. The zero-order valence-electron chi connectivity index (χ0n) is 10.4. The molecule has 0 bridgehead atoms. The summed E-state index contributed by atoms with van der Waals surface area (Å²) < 4.78 is 0. The third kappa shape index (κ3) is 2.87. The summed E-state index contributed by atoms with van der Waals surface area (Å²) in [5, 5.41) is 12.6. The number of aromatic nitrogens is 1. The Morgan fingerprint density at radius 1 is 1.58 bits per heavy atom. The summed E-state index contributed by atoms with van der Waals surface area (Å²) in [5.41, 5.74) is -0.722. The van der Waals surface area contributed by atoms with Crippen molar-refractivity contribution in [3.8, 4) is 0 Å². The number of carboxylic acids is 1. The lowest BCUT2D eigenvalue weighted by atomic mass is 9.98. The minimum absolute atomic E-state index is 0.373. The summed E-state index contributed by atoms with van der Waals surface area (Å²) in [5.74, 6) is -0.194. The number of carbonyl (C=O) groups is 2. The summed E-state index contributed by atoms with van der Waals surface area (Å²) >= 11 is 2.90. The Kier molecular flexibility index (Phi) is 4.36. The smallest absolute Gasteiger partial charge is 0.330 e. The molecular formula is C12H14N2O3S2. The van der Waals surface area contributed by atoms with Crippen LogP contribution in [0.4, 0.5) is 0 Å². The second kappa shape index (κ2) is 5.83. The molecule has 0 aromatic carbocycles. The van der Waals surface area contributed by atoms with Crippen LogP contribution in [0, 0.1) is 0 Å². The Hall–Kier alpha value is -1.21. The lowest BCUT2D eigenvalue weighted by Gasteiger charge is -2.24. The number of aliphatic carboxylic acids is 1. The Labute approximate surface area is 119 Å². The van der Waals surface area contributed by atoms with Crippen molar-refractivity contribution in [2.75, 3.05) is 17.8 Å². The summed E-state index contributed by atoms with van der Waals surface area (Å²) in [7, 11) is 0. The van der Waals surface area contributed by atoms with Gasteiger partial charge >= 0.3 is 5.97 Å². The van der Waals surface area contributed by atoms with E-state index in [0.717, 1.165) is 5.75 Å². The SMILES string of the molecule is CSc1ncccc1C(=O)NC1(C(=O)O)CCSC1. The highest BCUT2D eigenvalue weighted by Crippen LogP contribution is 2.29. The van der Waals surface area contributed by atoms with Crippen LogP contribution < -0.4 is 5.32 Å². The van der Waals surface area contributed by atoms with Gasteiger partial charge in [-0.3, -0.25) is 4.79 Å². The van der Waals surface area contributed by atoms with Gasteiger partial charge in [0.25, 0.3) is 5.91 Å². The first-order valence-electron chi connectivity index (χ1n) is 5.72. The van der Waals surface area contributed by atoms with E-state index in [4.69, 9.17) is 0 Å². The van der Waals surface area contributed by atoms with E-state index in [9.17, 15) is 14.7 Å². The first-order valence-corrected chi connectivity index (χ1v) is 8.10. The predicted molar refractivity (Wildman–Crippen MR) is 75.8 cm³/mol. The van der Waals surface area contributed by atoms with Gasteiger partial charge < -0.3 is 10.4 Å². The zero-order valence-corrected chi connectivity index (χ0v) is 12.0. The van der Waals surface area contributed by atoms with Crippen LogP contribution in [0.5, 0.6) is 0 Å². The molecule has 1 aliphatic heterocycles. The molecular weight excluding hydrogens is 284 g/mol. The van der Waals surface area contributed by atoms with Gasteiger partial charge in [-0.25, -0.2) is 9.78 Å². The number of thioether (sulfide) groups is 2.